The highest BCUT2D eigenvalue weighted by Gasteiger charge is 2.25. The molecule has 0 amide bonds. The number of rotatable bonds is 4. The van der Waals surface area contributed by atoms with Crippen molar-refractivity contribution in [3.63, 3.8) is 0 Å². The fourth-order valence-corrected chi connectivity index (χ4v) is 2.62. The molecule has 0 aromatic heterocycles. The Labute approximate surface area is 105 Å². The molecule has 0 aliphatic carbocycles. The van der Waals surface area contributed by atoms with Crippen molar-refractivity contribution in [3.05, 3.63) is 35.9 Å². The van der Waals surface area contributed by atoms with Crippen LogP contribution in [0, 0.1) is 0 Å². The van der Waals surface area contributed by atoms with Crippen molar-refractivity contribution in [1.82, 2.24) is 10.2 Å². The van der Waals surface area contributed by atoms with Gasteiger partial charge in [0.05, 0.1) is 0 Å². The maximum Gasteiger partial charge on any atom is 0.0237 e. The molecule has 1 aromatic rings. The Morgan fingerprint density at radius 2 is 1.94 bits per heavy atom. The summed E-state index contributed by atoms with van der Waals surface area (Å²) in [6, 6.07) is 12.2. The van der Waals surface area contributed by atoms with Gasteiger partial charge in [-0.1, -0.05) is 44.2 Å². The predicted molar refractivity (Wildman–Crippen MR) is 73.0 cm³/mol. The zero-order valence-electron chi connectivity index (χ0n) is 11.0. The van der Waals surface area contributed by atoms with E-state index in [0.29, 0.717) is 12.1 Å². The quantitative estimate of drug-likeness (QED) is 0.858. The molecule has 1 saturated heterocycles. The maximum absolute atomic E-state index is 3.64. The van der Waals surface area contributed by atoms with Crippen molar-refractivity contribution in [1.29, 1.82) is 0 Å². The normalized spacial score (nSPS) is 26.0. The second-order valence-corrected chi connectivity index (χ2v) is 4.99. The molecular formula is C15H24N2. The van der Waals surface area contributed by atoms with Crippen LogP contribution >= 0.6 is 0 Å². The van der Waals surface area contributed by atoms with Crippen LogP contribution in [0.1, 0.15) is 32.3 Å². The van der Waals surface area contributed by atoms with Crippen molar-refractivity contribution in [3.8, 4) is 0 Å². The third kappa shape index (κ3) is 3.30. The smallest absolute Gasteiger partial charge is 0.0237 e. The molecule has 0 spiro atoms. The minimum Gasteiger partial charge on any atom is -0.311 e. The summed E-state index contributed by atoms with van der Waals surface area (Å²) in [4.78, 5) is 2.64. The highest BCUT2D eigenvalue weighted by atomic mass is 15.2. The Hall–Kier alpha value is -0.860. The zero-order chi connectivity index (χ0) is 12.1. The van der Waals surface area contributed by atoms with Crippen LogP contribution in [0.2, 0.25) is 0 Å². The molecule has 2 rings (SSSR count). The van der Waals surface area contributed by atoms with E-state index < -0.39 is 0 Å². The lowest BCUT2D eigenvalue weighted by molar-refractivity contribution is 0.117. The first-order valence-electron chi connectivity index (χ1n) is 6.84. The van der Waals surface area contributed by atoms with Crippen LogP contribution in [0.15, 0.2) is 30.3 Å². The van der Waals surface area contributed by atoms with Gasteiger partial charge in [0.1, 0.15) is 0 Å². The third-order valence-electron chi connectivity index (χ3n) is 3.81. The lowest BCUT2D eigenvalue weighted by atomic mass is 10.0. The lowest BCUT2D eigenvalue weighted by Crippen LogP contribution is -2.55. The number of hydrogen-bond donors (Lipinski definition) is 1. The molecule has 94 valence electrons. The summed E-state index contributed by atoms with van der Waals surface area (Å²) in [6.45, 7) is 7.98. The largest absolute Gasteiger partial charge is 0.311 e. The highest BCUT2D eigenvalue weighted by Crippen LogP contribution is 2.15. The first-order chi connectivity index (χ1) is 8.33. The van der Waals surface area contributed by atoms with Gasteiger partial charge in [-0.05, 0) is 18.4 Å². The Kier molecular flexibility index (Phi) is 4.57. The van der Waals surface area contributed by atoms with Gasteiger partial charge in [-0.3, -0.25) is 4.90 Å². The molecule has 0 saturated carbocycles. The van der Waals surface area contributed by atoms with E-state index in [0.717, 1.165) is 13.1 Å². The molecule has 2 nitrogen and oxygen atoms in total. The van der Waals surface area contributed by atoms with Gasteiger partial charge in [0, 0.05) is 31.7 Å². The SMILES string of the molecule is CCC1CN(Cc2ccccc2)[C@@H](CC)CN1. The lowest BCUT2D eigenvalue weighted by Gasteiger charge is -2.40. The molecule has 1 heterocycles. The van der Waals surface area contributed by atoms with Crippen molar-refractivity contribution >= 4 is 0 Å². The van der Waals surface area contributed by atoms with Gasteiger partial charge in [0.15, 0.2) is 0 Å². The van der Waals surface area contributed by atoms with Crippen molar-refractivity contribution < 1.29 is 0 Å². The monoisotopic (exact) mass is 232 g/mol. The molecule has 1 fully saturated rings. The Bertz CT molecular complexity index is 323. The summed E-state index contributed by atoms with van der Waals surface area (Å²) in [5.74, 6) is 0. The minimum atomic E-state index is 0.668. The maximum atomic E-state index is 3.64. The van der Waals surface area contributed by atoms with Gasteiger partial charge in [-0.25, -0.2) is 0 Å². The fraction of sp³-hybridized carbons (Fsp3) is 0.600. The van der Waals surface area contributed by atoms with Gasteiger partial charge < -0.3 is 5.32 Å². The number of benzene rings is 1. The van der Waals surface area contributed by atoms with Crippen LogP contribution < -0.4 is 5.32 Å². The van der Waals surface area contributed by atoms with E-state index in [1.54, 1.807) is 0 Å². The van der Waals surface area contributed by atoms with Crippen molar-refractivity contribution in [2.75, 3.05) is 13.1 Å². The summed E-state index contributed by atoms with van der Waals surface area (Å²) in [6.07, 6.45) is 2.46. The van der Waals surface area contributed by atoms with Crippen molar-refractivity contribution in [2.45, 2.75) is 45.3 Å². The topological polar surface area (TPSA) is 15.3 Å². The number of hydrogen-bond acceptors (Lipinski definition) is 2. The molecule has 1 aromatic carbocycles. The Morgan fingerprint density at radius 3 is 2.59 bits per heavy atom. The zero-order valence-corrected chi connectivity index (χ0v) is 11.0. The highest BCUT2D eigenvalue weighted by molar-refractivity contribution is 5.14. The van der Waals surface area contributed by atoms with E-state index in [4.69, 9.17) is 0 Å². The minimum absolute atomic E-state index is 0.668. The van der Waals surface area contributed by atoms with E-state index in [9.17, 15) is 0 Å². The Balaban J connectivity index is 2.00. The predicted octanol–water partition coefficient (Wildman–Crippen LogP) is 2.65. The first kappa shape index (κ1) is 12.6. The first-order valence-corrected chi connectivity index (χ1v) is 6.84. The van der Waals surface area contributed by atoms with Gasteiger partial charge in [-0.2, -0.15) is 0 Å². The summed E-state index contributed by atoms with van der Waals surface area (Å²) >= 11 is 0. The van der Waals surface area contributed by atoms with E-state index in [-0.39, 0.29) is 0 Å². The van der Waals surface area contributed by atoms with Crippen LogP contribution in [-0.4, -0.2) is 30.1 Å². The molecule has 1 N–H and O–H groups in total. The summed E-state index contributed by atoms with van der Waals surface area (Å²) in [7, 11) is 0. The molecule has 1 unspecified atom stereocenters. The number of piperazine rings is 1. The van der Waals surface area contributed by atoms with Crippen LogP contribution in [0.5, 0.6) is 0 Å². The van der Waals surface area contributed by atoms with E-state index in [1.165, 1.54) is 24.9 Å². The van der Waals surface area contributed by atoms with Gasteiger partial charge in [-0.15, -0.1) is 0 Å². The molecule has 1 aliphatic rings. The van der Waals surface area contributed by atoms with E-state index >= 15 is 0 Å². The molecule has 0 bridgehead atoms. The Morgan fingerprint density at radius 1 is 1.18 bits per heavy atom. The van der Waals surface area contributed by atoms with Crippen LogP contribution in [0.25, 0.3) is 0 Å². The van der Waals surface area contributed by atoms with Crippen molar-refractivity contribution in [2.24, 2.45) is 0 Å². The van der Waals surface area contributed by atoms with Crippen LogP contribution in [-0.2, 0) is 6.54 Å². The van der Waals surface area contributed by atoms with Gasteiger partial charge in [0.2, 0.25) is 0 Å². The molecule has 1 aliphatic heterocycles. The number of nitrogens with one attached hydrogen (secondary N) is 1. The van der Waals surface area contributed by atoms with Gasteiger partial charge >= 0.3 is 0 Å². The second-order valence-electron chi connectivity index (χ2n) is 4.99. The fourth-order valence-electron chi connectivity index (χ4n) is 2.62. The summed E-state index contributed by atoms with van der Waals surface area (Å²) < 4.78 is 0. The van der Waals surface area contributed by atoms with Crippen LogP contribution in [0.4, 0.5) is 0 Å². The van der Waals surface area contributed by atoms with Gasteiger partial charge in [0.25, 0.3) is 0 Å². The summed E-state index contributed by atoms with van der Waals surface area (Å²) in [5, 5.41) is 3.64. The number of nitrogens with zero attached hydrogens (tertiary/aromatic N) is 1. The second kappa shape index (κ2) is 6.18. The van der Waals surface area contributed by atoms with E-state index in [2.05, 4.69) is 54.4 Å². The molecular weight excluding hydrogens is 208 g/mol. The molecule has 17 heavy (non-hydrogen) atoms. The molecule has 2 atom stereocenters. The third-order valence-corrected chi connectivity index (χ3v) is 3.81. The van der Waals surface area contributed by atoms with Crippen LogP contribution in [0.3, 0.4) is 0 Å². The van der Waals surface area contributed by atoms with E-state index in [1.807, 2.05) is 0 Å². The average molecular weight is 232 g/mol. The molecule has 0 radical (unpaired) electrons. The summed E-state index contributed by atoms with van der Waals surface area (Å²) in [5.41, 5.74) is 1.43. The molecule has 2 heteroatoms. The average Bonchev–Trinajstić information content (AvgIpc) is 2.40. The standard InChI is InChI=1S/C15H24N2/c1-3-14-12-17(15(4-2)10-16-14)11-13-8-6-5-7-9-13/h5-9,14-16H,3-4,10-12H2,1-2H3/t14?,15-/m0/s1.